The molecule has 0 spiro atoms. The summed E-state index contributed by atoms with van der Waals surface area (Å²) in [6.45, 7) is 0. The second-order valence-electron chi connectivity index (χ2n) is 4.19. The van der Waals surface area contributed by atoms with E-state index >= 15 is 0 Å². The molecule has 1 unspecified atom stereocenters. The lowest BCUT2D eigenvalue weighted by molar-refractivity contribution is 0.647. The van der Waals surface area contributed by atoms with Gasteiger partial charge in [0, 0.05) is 16.5 Å². The molecule has 5 heteroatoms. The van der Waals surface area contributed by atoms with Crippen molar-refractivity contribution in [2.24, 2.45) is 5.84 Å². The van der Waals surface area contributed by atoms with E-state index in [0.717, 1.165) is 26.4 Å². The summed E-state index contributed by atoms with van der Waals surface area (Å²) in [7, 11) is 0. The topological polar surface area (TPSA) is 50.9 Å². The second-order valence-corrected chi connectivity index (χ2v) is 5.54. The van der Waals surface area contributed by atoms with E-state index in [1.807, 2.05) is 35.7 Å². The molecule has 0 amide bonds. The number of rotatable bonds is 3. The molecule has 1 atom stereocenters. The van der Waals surface area contributed by atoms with E-state index in [0.29, 0.717) is 0 Å². The fourth-order valence-electron chi connectivity index (χ4n) is 2.11. The lowest BCUT2D eigenvalue weighted by atomic mass is 10.0. The molecule has 0 bridgehead atoms. The predicted octanol–water partition coefficient (Wildman–Crippen LogP) is 3.50. The molecule has 0 saturated heterocycles. The van der Waals surface area contributed by atoms with Crippen molar-refractivity contribution in [1.29, 1.82) is 0 Å². The van der Waals surface area contributed by atoms with Gasteiger partial charge < -0.3 is 0 Å². The van der Waals surface area contributed by atoms with Gasteiger partial charge in [-0.1, -0.05) is 23.7 Å². The largest absolute Gasteiger partial charge is 0.271 e. The normalized spacial score (nSPS) is 12.7. The Morgan fingerprint density at radius 1 is 1.26 bits per heavy atom. The number of hydrogen-bond acceptors (Lipinski definition) is 4. The first kappa shape index (κ1) is 12.6. The molecular weight excluding hydrogens is 278 g/mol. The van der Waals surface area contributed by atoms with E-state index in [2.05, 4.69) is 16.5 Å². The van der Waals surface area contributed by atoms with Crippen molar-refractivity contribution >= 4 is 33.8 Å². The highest BCUT2D eigenvalue weighted by Crippen LogP contribution is 2.33. The highest BCUT2D eigenvalue weighted by Gasteiger charge is 2.17. The van der Waals surface area contributed by atoms with Gasteiger partial charge in [0.2, 0.25) is 0 Å². The molecule has 3 nitrogen and oxygen atoms in total. The van der Waals surface area contributed by atoms with Gasteiger partial charge in [0.25, 0.3) is 0 Å². The Hall–Kier alpha value is -1.46. The van der Waals surface area contributed by atoms with Crippen molar-refractivity contribution < 1.29 is 0 Å². The van der Waals surface area contributed by atoms with Gasteiger partial charge in [0.05, 0.1) is 16.6 Å². The number of nitrogens with zero attached hydrogens (tertiary/aromatic N) is 1. The zero-order chi connectivity index (χ0) is 13.2. The summed E-state index contributed by atoms with van der Waals surface area (Å²) in [5.41, 5.74) is 4.88. The van der Waals surface area contributed by atoms with Crippen molar-refractivity contribution in [3.63, 3.8) is 0 Å². The van der Waals surface area contributed by atoms with Gasteiger partial charge in [-0.15, -0.1) is 11.3 Å². The van der Waals surface area contributed by atoms with Crippen LogP contribution in [0.5, 0.6) is 0 Å². The molecule has 96 valence electrons. The predicted molar refractivity (Wildman–Crippen MR) is 80.2 cm³/mol. The van der Waals surface area contributed by atoms with Crippen molar-refractivity contribution in [2.75, 3.05) is 0 Å². The van der Waals surface area contributed by atoms with Gasteiger partial charge >= 0.3 is 0 Å². The van der Waals surface area contributed by atoms with Crippen LogP contribution in [-0.4, -0.2) is 4.98 Å². The van der Waals surface area contributed by atoms with Crippen molar-refractivity contribution in [2.45, 2.75) is 6.04 Å². The molecule has 0 radical (unpaired) electrons. The zero-order valence-electron chi connectivity index (χ0n) is 10.0. The fourth-order valence-corrected chi connectivity index (χ4v) is 3.36. The summed E-state index contributed by atoms with van der Waals surface area (Å²) >= 11 is 7.78. The minimum absolute atomic E-state index is 0.0999. The molecule has 0 aliphatic heterocycles. The van der Waals surface area contributed by atoms with Crippen molar-refractivity contribution in [1.82, 2.24) is 10.4 Å². The minimum Gasteiger partial charge on any atom is -0.271 e. The van der Waals surface area contributed by atoms with Gasteiger partial charge in [-0.3, -0.25) is 10.8 Å². The highest BCUT2D eigenvalue weighted by atomic mass is 35.5. The lowest BCUT2D eigenvalue weighted by Gasteiger charge is -2.16. The van der Waals surface area contributed by atoms with Crippen LogP contribution in [0.25, 0.3) is 10.9 Å². The Labute approximate surface area is 120 Å². The molecule has 19 heavy (non-hydrogen) atoms. The Balaban J connectivity index is 2.09. The van der Waals surface area contributed by atoms with Crippen LogP contribution in [0.4, 0.5) is 0 Å². The number of aromatic nitrogens is 1. The van der Waals surface area contributed by atoms with Gasteiger partial charge in [0.1, 0.15) is 0 Å². The zero-order valence-corrected chi connectivity index (χ0v) is 11.6. The van der Waals surface area contributed by atoms with E-state index in [1.54, 1.807) is 17.5 Å². The molecule has 0 saturated carbocycles. The minimum atomic E-state index is -0.0999. The van der Waals surface area contributed by atoms with Gasteiger partial charge in [-0.05, 0) is 35.2 Å². The highest BCUT2D eigenvalue weighted by molar-refractivity contribution is 7.10. The maximum Gasteiger partial charge on any atom is 0.0817 e. The van der Waals surface area contributed by atoms with Crippen LogP contribution in [0.1, 0.15) is 16.5 Å². The molecular formula is C14H12ClN3S. The van der Waals surface area contributed by atoms with Crippen LogP contribution >= 0.6 is 22.9 Å². The van der Waals surface area contributed by atoms with Gasteiger partial charge in [-0.25, -0.2) is 5.43 Å². The van der Waals surface area contributed by atoms with Crippen LogP contribution in [0.3, 0.4) is 0 Å². The average Bonchev–Trinajstić information content (AvgIpc) is 2.86. The van der Waals surface area contributed by atoms with Crippen LogP contribution in [-0.2, 0) is 0 Å². The monoisotopic (exact) mass is 289 g/mol. The quantitative estimate of drug-likeness (QED) is 0.573. The molecule has 0 fully saturated rings. The van der Waals surface area contributed by atoms with E-state index < -0.39 is 0 Å². The average molecular weight is 290 g/mol. The number of pyridine rings is 1. The van der Waals surface area contributed by atoms with Crippen molar-refractivity contribution in [3.05, 3.63) is 63.4 Å². The number of thiophene rings is 1. The van der Waals surface area contributed by atoms with E-state index in [9.17, 15) is 0 Å². The Bertz CT molecular complexity index is 710. The van der Waals surface area contributed by atoms with Crippen LogP contribution in [0, 0.1) is 0 Å². The summed E-state index contributed by atoms with van der Waals surface area (Å²) in [5.74, 6) is 5.69. The SMILES string of the molecule is NNC(c1ccc2ncccc2c1)c1sccc1Cl. The van der Waals surface area contributed by atoms with Crippen LogP contribution < -0.4 is 11.3 Å². The van der Waals surface area contributed by atoms with Gasteiger partial charge in [-0.2, -0.15) is 0 Å². The van der Waals surface area contributed by atoms with Crippen LogP contribution in [0.15, 0.2) is 48.0 Å². The lowest BCUT2D eigenvalue weighted by Crippen LogP contribution is -2.28. The number of hydrogen-bond donors (Lipinski definition) is 2. The Morgan fingerprint density at radius 3 is 2.89 bits per heavy atom. The number of nitrogens with two attached hydrogens (primary N) is 1. The standard InChI is InChI=1S/C14H12ClN3S/c15-11-5-7-19-14(11)13(18-16)10-3-4-12-9(8-10)2-1-6-17-12/h1-8,13,18H,16H2. The molecule has 3 rings (SSSR count). The Morgan fingerprint density at radius 2 is 2.16 bits per heavy atom. The van der Waals surface area contributed by atoms with E-state index in [-0.39, 0.29) is 6.04 Å². The number of nitrogens with one attached hydrogen (secondary N) is 1. The van der Waals surface area contributed by atoms with Crippen molar-refractivity contribution in [3.8, 4) is 0 Å². The third-order valence-electron chi connectivity index (χ3n) is 3.03. The molecule has 0 aliphatic carbocycles. The van der Waals surface area contributed by atoms with E-state index in [4.69, 9.17) is 17.4 Å². The van der Waals surface area contributed by atoms with E-state index in [1.165, 1.54) is 0 Å². The molecule has 1 aromatic carbocycles. The second kappa shape index (κ2) is 5.27. The molecule has 0 aliphatic rings. The molecule has 3 N–H and O–H groups in total. The number of halogens is 1. The summed E-state index contributed by atoms with van der Waals surface area (Å²) in [6, 6.07) is 11.9. The Kier molecular flexibility index (Phi) is 3.48. The molecule has 3 aromatic rings. The smallest absolute Gasteiger partial charge is 0.0817 e. The number of hydrazine groups is 1. The third-order valence-corrected chi connectivity index (χ3v) is 4.46. The number of fused-ring (bicyclic) bond motifs is 1. The fraction of sp³-hybridized carbons (Fsp3) is 0.0714. The molecule has 2 heterocycles. The summed E-state index contributed by atoms with van der Waals surface area (Å²) in [6.07, 6.45) is 1.79. The first-order valence-corrected chi connectivity index (χ1v) is 7.09. The first-order chi connectivity index (χ1) is 9.29. The maximum absolute atomic E-state index is 6.18. The number of benzene rings is 1. The molecule has 2 aromatic heterocycles. The first-order valence-electron chi connectivity index (χ1n) is 5.83. The summed E-state index contributed by atoms with van der Waals surface area (Å²) in [5, 5.41) is 3.79. The third kappa shape index (κ3) is 2.35. The summed E-state index contributed by atoms with van der Waals surface area (Å²) in [4.78, 5) is 5.33. The maximum atomic E-state index is 6.18. The summed E-state index contributed by atoms with van der Waals surface area (Å²) < 4.78 is 0. The van der Waals surface area contributed by atoms with Crippen LogP contribution in [0.2, 0.25) is 5.02 Å². The van der Waals surface area contributed by atoms with Gasteiger partial charge in [0.15, 0.2) is 0 Å².